The predicted octanol–water partition coefficient (Wildman–Crippen LogP) is 3.25. The lowest BCUT2D eigenvalue weighted by Crippen LogP contribution is -2.28. The lowest BCUT2D eigenvalue weighted by atomic mass is 10.1. The van der Waals surface area contributed by atoms with Crippen LogP contribution in [0.25, 0.3) is 0 Å². The van der Waals surface area contributed by atoms with Gasteiger partial charge < -0.3 is 10.2 Å². The topological polar surface area (TPSA) is 93.5 Å². The van der Waals surface area contributed by atoms with E-state index >= 15 is 0 Å². The molecule has 1 N–H and O–H groups in total. The molecule has 0 saturated heterocycles. The predicted molar refractivity (Wildman–Crippen MR) is 122 cm³/mol. The summed E-state index contributed by atoms with van der Waals surface area (Å²) in [7, 11) is 1.64. The van der Waals surface area contributed by atoms with Gasteiger partial charge in [0.05, 0.1) is 21.6 Å². The molecule has 0 saturated carbocycles. The van der Waals surface area contributed by atoms with Gasteiger partial charge in [0.2, 0.25) is 6.41 Å². The first kappa shape index (κ1) is 23.8. The molecular formula is C24H21FN4O3S. The molecule has 0 atom stereocenters. The number of nitrogens with zero attached hydrogens (tertiary/aromatic N) is 3. The molecule has 2 aromatic rings. The summed E-state index contributed by atoms with van der Waals surface area (Å²) in [6, 6.07) is 14.7. The number of hydrogen-bond donors (Lipinski definition) is 1. The van der Waals surface area contributed by atoms with E-state index in [2.05, 4.69) is 5.32 Å². The standard InChI is InChI=1S/C24H21FN4O3S/c1-16(23(32)28(2)13-19-5-3-17(11-26)4-6-19)24-29(15-30)14-21(33-24)22(31)27-12-18-7-9-20(25)10-8-18/h3-10,14-15H,12-13H2,1-2H3,(H,27,31)/b24-16+. The van der Waals surface area contributed by atoms with Crippen LogP contribution in [-0.4, -0.2) is 35.1 Å². The summed E-state index contributed by atoms with van der Waals surface area (Å²) in [5.74, 6) is -1.06. The maximum absolute atomic E-state index is 13.0. The Balaban J connectivity index is 1.66. The third-order valence-electron chi connectivity index (χ3n) is 4.89. The number of benzene rings is 2. The third-order valence-corrected chi connectivity index (χ3v) is 6.11. The van der Waals surface area contributed by atoms with Crippen LogP contribution in [0.4, 0.5) is 4.39 Å². The minimum atomic E-state index is -0.405. The van der Waals surface area contributed by atoms with E-state index < -0.39 is 5.91 Å². The van der Waals surface area contributed by atoms with Crippen molar-refractivity contribution in [1.82, 2.24) is 15.1 Å². The van der Waals surface area contributed by atoms with Crippen molar-refractivity contribution >= 4 is 30.0 Å². The van der Waals surface area contributed by atoms with Gasteiger partial charge >= 0.3 is 0 Å². The number of nitrogens with one attached hydrogen (secondary N) is 1. The lowest BCUT2D eigenvalue weighted by Gasteiger charge is -2.20. The molecular weight excluding hydrogens is 443 g/mol. The SMILES string of the molecule is C/C(C(=O)N(C)Cc1ccc(C#N)cc1)=C1\SC(C(=O)NCc2ccc(F)cc2)=CN1C=O. The molecule has 0 bridgehead atoms. The van der Waals surface area contributed by atoms with E-state index in [0.717, 1.165) is 22.9 Å². The summed E-state index contributed by atoms with van der Waals surface area (Å²) in [5.41, 5.74) is 2.44. The Bertz CT molecular complexity index is 1170. The van der Waals surface area contributed by atoms with Crippen LogP contribution in [0.2, 0.25) is 0 Å². The number of thioether (sulfide) groups is 1. The highest BCUT2D eigenvalue weighted by atomic mass is 32.2. The molecule has 1 aliphatic rings. The number of carbonyl (C=O) groups excluding carboxylic acids is 3. The lowest BCUT2D eigenvalue weighted by molar-refractivity contribution is -0.126. The van der Waals surface area contributed by atoms with Crippen LogP contribution >= 0.6 is 11.8 Å². The van der Waals surface area contributed by atoms with Gasteiger partial charge in [0.1, 0.15) is 5.82 Å². The highest BCUT2D eigenvalue weighted by Crippen LogP contribution is 2.37. The number of nitriles is 1. The molecule has 1 aliphatic heterocycles. The average Bonchev–Trinajstić information content (AvgIpc) is 3.27. The molecule has 9 heteroatoms. The Kier molecular flexibility index (Phi) is 7.64. The molecule has 0 unspecified atom stereocenters. The van der Waals surface area contributed by atoms with Crippen molar-refractivity contribution in [2.24, 2.45) is 0 Å². The Morgan fingerprint density at radius 1 is 1.15 bits per heavy atom. The highest BCUT2D eigenvalue weighted by Gasteiger charge is 2.28. The number of likely N-dealkylation sites (N-methyl/N-ethyl adjacent to an activating group) is 1. The van der Waals surface area contributed by atoms with Gasteiger partial charge in [0, 0.05) is 31.9 Å². The third kappa shape index (κ3) is 5.87. The van der Waals surface area contributed by atoms with E-state index in [1.807, 2.05) is 6.07 Å². The van der Waals surface area contributed by atoms with Gasteiger partial charge in [-0.15, -0.1) is 0 Å². The smallest absolute Gasteiger partial charge is 0.259 e. The first-order valence-electron chi connectivity index (χ1n) is 9.93. The van der Waals surface area contributed by atoms with Crippen molar-refractivity contribution in [1.29, 1.82) is 5.26 Å². The van der Waals surface area contributed by atoms with Crippen LogP contribution in [0.5, 0.6) is 0 Å². The molecule has 33 heavy (non-hydrogen) atoms. The summed E-state index contributed by atoms with van der Waals surface area (Å²) in [5, 5.41) is 12.0. The van der Waals surface area contributed by atoms with Gasteiger partial charge in [0.25, 0.3) is 11.8 Å². The van der Waals surface area contributed by atoms with Crippen molar-refractivity contribution in [3.8, 4) is 6.07 Å². The normalized spacial score (nSPS) is 14.2. The molecule has 0 spiro atoms. The van der Waals surface area contributed by atoms with Gasteiger partial charge in [-0.25, -0.2) is 4.39 Å². The van der Waals surface area contributed by atoms with Crippen molar-refractivity contribution in [2.45, 2.75) is 20.0 Å². The van der Waals surface area contributed by atoms with Crippen LogP contribution in [-0.2, 0) is 27.5 Å². The summed E-state index contributed by atoms with van der Waals surface area (Å²) in [6.07, 6.45) is 1.92. The van der Waals surface area contributed by atoms with E-state index in [4.69, 9.17) is 5.26 Å². The van der Waals surface area contributed by atoms with Crippen molar-refractivity contribution in [2.75, 3.05) is 7.05 Å². The summed E-state index contributed by atoms with van der Waals surface area (Å²) < 4.78 is 13.0. The highest BCUT2D eigenvalue weighted by molar-refractivity contribution is 8.07. The maximum atomic E-state index is 13.0. The zero-order chi connectivity index (χ0) is 24.0. The Hall–Kier alpha value is -3.90. The van der Waals surface area contributed by atoms with Crippen molar-refractivity contribution in [3.05, 3.63) is 92.7 Å². The van der Waals surface area contributed by atoms with Crippen LogP contribution < -0.4 is 5.32 Å². The molecule has 0 radical (unpaired) electrons. The van der Waals surface area contributed by atoms with Crippen molar-refractivity contribution < 1.29 is 18.8 Å². The number of rotatable bonds is 7. The largest absolute Gasteiger partial charge is 0.347 e. The van der Waals surface area contributed by atoms with E-state index in [1.54, 1.807) is 50.4 Å². The molecule has 2 aromatic carbocycles. The summed E-state index contributed by atoms with van der Waals surface area (Å²) >= 11 is 1.03. The summed E-state index contributed by atoms with van der Waals surface area (Å²) in [6.45, 7) is 2.12. The molecule has 3 rings (SSSR count). The van der Waals surface area contributed by atoms with Gasteiger partial charge in [-0.3, -0.25) is 19.3 Å². The second kappa shape index (κ2) is 10.6. The Labute approximate surface area is 195 Å². The number of hydrogen-bond acceptors (Lipinski definition) is 5. The number of amides is 3. The van der Waals surface area contributed by atoms with Gasteiger partial charge in [-0.2, -0.15) is 5.26 Å². The van der Waals surface area contributed by atoms with Crippen molar-refractivity contribution in [3.63, 3.8) is 0 Å². The maximum Gasteiger partial charge on any atom is 0.259 e. The number of halogens is 1. The fourth-order valence-corrected chi connectivity index (χ4v) is 4.08. The van der Waals surface area contributed by atoms with Crippen LogP contribution in [0, 0.1) is 17.1 Å². The first-order valence-corrected chi connectivity index (χ1v) is 10.8. The minimum Gasteiger partial charge on any atom is -0.347 e. The van der Waals surface area contributed by atoms with Crippen LogP contribution in [0.1, 0.15) is 23.6 Å². The summed E-state index contributed by atoms with van der Waals surface area (Å²) in [4.78, 5) is 40.0. The molecule has 168 valence electrons. The quantitative estimate of drug-likeness (QED) is 0.502. The Morgan fingerprint density at radius 3 is 2.39 bits per heavy atom. The molecule has 0 fully saturated rings. The van der Waals surface area contributed by atoms with Gasteiger partial charge in [0.15, 0.2) is 0 Å². The minimum absolute atomic E-state index is 0.197. The zero-order valence-electron chi connectivity index (χ0n) is 18.0. The molecule has 0 aromatic heterocycles. The number of carbonyl (C=O) groups is 3. The average molecular weight is 465 g/mol. The first-order chi connectivity index (χ1) is 15.8. The second-order valence-electron chi connectivity index (χ2n) is 7.32. The molecule has 7 nitrogen and oxygen atoms in total. The molecule has 0 aliphatic carbocycles. The second-order valence-corrected chi connectivity index (χ2v) is 8.35. The molecule has 3 amide bonds. The zero-order valence-corrected chi connectivity index (χ0v) is 18.9. The molecule has 1 heterocycles. The van der Waals surface area contributed by atoms with E-state index in [1.165, 1.54) is 28.1 Å². The van der Waals surface area contributed by atoms with E-state index in [-0.39, 0.29) is 23.2 Å². The van der Waals surface area contributed by atoms with E-state index in [0.29, 0.717) is 29.1 Å². The van der Waals surface area contributed by atoms with Crippen LogP contribution in [0.15, 0.2) is 70.2 Å². The Morgan fingerprint density at radius 2 is 1.79 bits per heavy atom. The van der Waals surface area contributed by atoms with E-state index in [9.17, 15) is 18.8 Å². The fraction of sp³-hybridized carbons (Fsp3) is 0.167. The monoisotopic (exact) mass is 464 g/mol. The van der Waals surface area contributed by atoms with Gasteiger partial charge in [-0.1, -0.05) is 36.0 Å². The fourth-order valence-electron chi connectivity index (χ4n) is 3.10. The van der Waals surface area contributed by atoms with Gasteiger partial charge in [-0.05, 0) is 42.3 Å². The van der Waals surface area contributed by atoms with Crippen LogP contribution in [0.3, 0.4) is 0 Å².